The number of aromatic nitrogens is 1. The van der Waals surface area contributed by atoms with Crippen molar-refractivity contribution in [3.8, 4) is 0 Å². The van der Waals surface area contributed by atoms with E-state index in [0.717, 1.165) is 22.6 Å². The number of amides is 2. The Morgan fingerprint density at radius 3 is 2.81 bits per heavy atom. The molecular formula is C19H23N3O4S. The van der Waals surface area contributed by atoms with E-state index in [1.165, 1.54) is 17.7 Å². The van der Waals surface area contributed by atoms with Gasteiger partial charge in [0.05, 0.1) is 24.1 Å². The minimum absolute atomic E-state index is 0.00450. The van der Waals surface area contributed by atoms with Crippen molar-refractivity contribution in [2.75, 3.05) is 32.8 Å². The molecule has 2 amide bonds. The second kappa shape index (κ2) is 7.82. The van der Waals surface area contributed by atoms with E-state index in [1.54, 1.807) is 0 Å². The number of nitrogens with zero attached hydrogens (tertiary/aromatic N) is 3. The smallest absolute Gasteiger partial charge is 0.276 e. The van der Waals surface area contributed by atoms with E-state index in [1.807, 2.05) is 28.9 Å². The van der Waals surface area contributed by atoms with Crippen molar-refractivity contribution in [2.24, 2.45) is 0 Å². The first-order valence-electron chi connectivity index (χ1n) is 9.39. The molecule has 4 rings (SSSR count). The Labute approximate surface area is 161 Å². The van der Waals surface area contributed by atoms with Crippen molar-refractivity contribution in [1.29, 1.82) is 0 Å². The average Bonchev–Trinajstić information content (AvgIpc) is 3.47. The first-order chi connectivity index (χ1) is 13.2. The van der Waals surface area contributed by atoms with Gasteiger partial charge in [-0.3, -0.25) is 9.59 Å². The minimum Gasteiger partial charge on any atom is -0.448 e. The molecule has 2 aromatic heterocycles. The maximum atomic E-state index is 13.0. The fraction of sp³-hybridized carbons (Fsp3) is 0.526. The minimum atomic E-state index is -0.0856. The molecule has 0 N–H and O–H groups in total. The highest BCUT2D eigenvalue weighted by Crippen LogP contribution is 2.37. The summed E-state index contributed by atoms with van der Waals surface area (Å²) < 4.78 is 10.6. The van der Waals surface area contributed by atoms with Crippen LogP contribution in [0.15, 0.2) is 22.9 Å². The summed E-state index contributed by atoms with van der Waals surface area (Å²) in [6, 6.07) is 3.86. The zero-order valence-electron chi connectivity index (χ0n) is 15.3. The molecule has 1 atom stereocenters. The van der Waals surface area contributed by atoms with E-state index in [-0.39, 0.29) is 17.9 Å². The predicted molar refractivity (Wildman–Crippen MR) is 99.9 cm³/mol. The highest BCUT2D eigenvalue weighted by atomic mass is 32.1. The van der Waals surface area contributed by atoms with Gasteiger partial charge in [0.15, 0.2) is 12.1 Å². The van der Waals surface area contributed by atoms with Crippen molar-refractivity contribution in [1.82, 2.24) is 14.8 Å². The number of oxazole rings is 1. The summed E-state index contributed by atoms with van der Waals surface area (Å²) in [6.45, 7) is 5.09. The maximum Gasteiger partial charge on any atom is 0.276 e. The second-order valence-electron chi connectivity index (χ2n) is 6.74. The predicted octanol–water partition coefficient (Wildman–Crippen LogP) is 2.75. The van der Waals surface area contributed by atoms with Gasteiger partial charge in [-0.25, -0.2) is 4.98 Å². The Balaban J connectivity index is 1.52. The molecule has 0 saturated carbocycles. The Morgan fingerprint density at radius 2 is 2.04 bits per heavy atom. The van der Waals surface area contributed by atoms with Crippen LogP contribution in [0.5, 0.6) is 0 Å². The lowest BCUT2D eigenvalue weighted by Crippen LogP contribution is -2.40. The third kappa shape index (κ3) is 3.51. The fourth-order valence-corrected chi connectivity index (χ4v) is 4.83. The lowest BCUT2D eigenvalue weighted by molar-refractivity contribution is 0.0306. The molecule has 2 saturated heterocycles. The van der Waals surface area contributed by atoms with Crippen LogP contribution in [0.25, 0.3) is 0 Å². The van der Waals surface area contributed by atoms with E-state index >= 15 is 0 Å². The highest BCUT2D eigenvalue weighted by Gasteiger charge is 2.34. The summed E-state index contributed by atoms with van der Waals surface area (Å²) in [5.74, 6) is 0.591. The Bertz CT molecular complexity index is 825. The van der Waals surface area contributed by atoms with E-state index < -0.39 is 0 Å². The van der Waals surface area contributed by atoms with Crippen LogP contribution in [-0.4, -0.2) is 59.4 Å². The van der Waals surface area contributed by atoms with Gasteiger partial charge in [-0.15, -0.1) is 11.3 Å². The molecule has 0 aliphatic carbocycles. The number of rotatable bonds is 4. The van der Waals surface area contributed by atoms with Crippen molar-refractivity contribution < 1.29 is 18.7 Å². The quantitative estimate of drug-likeness (QED) is 0.804. The molecule has 1 unspecified atom stereocenters. The second-order valence-corrected chi connectivity index (χ2v) is 7.86. The Morgan fingerprint density at radius 1 is 1.22 bits per heavy atom. The van der Waals surface area contributed by atoms with Crippen molar-refractivity contribution in [3.63, 3.8) is 0 Å². The van der Waals surface area contributed by atoms with Gasteiger partial charge in [-0.1, -0.05) is 6.92 Å². The van der Waals surface area contributed by atoms with Gasteiger partial charge in [0.2, 0.25) is 0 Å². The molecule has 4 heterocycles. The molecule has 8 heteroatoms. The van der Waals surface area contributed by atoms with Gasteiger partial charge in [-0.05, 0) is 25.0 Å². The number of likely N-dealkylation sites (tertiary alicyclic amines) is 1. The summed E-state index contributed by atoms with van der Waals surface area (Å²) in [5, 5.41) is 0. The number of carbonyl (C=O) groups is 2. The molecule has 2 fully saturated rings. The van der Waals surface area contributed by atoms with E-state index in [0.29, 0.717) is 50.7 Å². The van der Waals surface area contributed by atoms with E-state index in [4.69, 9.17) is 9.15 Å². The summed E-state index contributed by atoms with van der Waals surface area (Å²) in [5.41, 5.74) is 0.408. The maximum absolute atomic E-state index is 13.0. The summed E-state index contributed by atoms with van der Waals surface area (Å²) >= 11 is 1.49. The number of carbonyl (C=O) groups excluding carboxylic acids is 2. The molecule has 2 aromatic rings. The van der Waals surface area contributed by atoms with Crippen LogP contribution < -0.4 is 0 Å². The molecule has 0 spiro atoms. The number of thiophene rings is 1. The molecular weight excluding hydrogens is 366 g/mol. The van der Waals surface area contributed by atoms with Gasteiger partial charge >= 0.3 is 0 Å². The van der Waals surface area contributed by atoms with Crippen LogP contribution in [0.1, 0.15) is 56.6 Å². The Hall–Kier alpha value is -2.19. The zero-order valence-corrected chi connectivity index (χ0v) is 16.2. The number of morpholine rings is 1. The number of hydrogen-bond acceptors (Lipinski definition) is 6. The van der Waals surface area contributed by atoms with Crippen LogP contribution in [-0.2, 0) is 11.2 Å². The summed E-state index contributed by atoms with van der Waals surface area (Å²) in [7, 11) is 0. The molecule has 2 aliphatic rings. The van der Waals surface area contributed by atoms with Crippen LogP contribution >= 0.6 is 11.3 Å². The van der Waals surface area contributed by atoms with Crippen LogP contribution in [0.3, 0.4) is 0 Å². The molecule has 0 bridgehead atoms. The van der Waals surface area contributed by atoms with Gasteiger partial charge in [0, 0.05) is 30.9 Å². The number of hydrogen-bond donors (Lipinski definition) is 0. The number of aryl methyl sites for hydroxylation is 1. The van der Waals surface area contributed by atoms with Crippen LogP contribution in [0, 0.1) is 0 Å². The molecule has 0 aromatic carbocycles. The zero-order chi connectivity index (χ0) is 18.8. The molecule has 144 valence electrons. The third-order valence-corrected chi connectivity index (χ3v) is 6.32. The van der Waals surface area contributed by atoms with E-state index in [9.17, 15) is 9.59 Å². The summed E-state index contributed by atoms with van der Waals surface area (Å²) in [4.78, 5) is 35.3. The lowest BCUT2D eigenvalue weighted by Gasteiger charge is -2.26. The summed E-state index contributed by atoms with van der Waals surface area (Å²) in [6.07, 6.45) is 3.81. The van der Waals surface area contributed by atoms with E-state index in [2.05, 4.69) is 4.98 Å². The SMILES string of the molecule is CCc1ocnc1C(=O)N1CCCC1c1ccc(C(=O)N2CCOCC2)s1. The standard InChI is InChI=1S/C19H23N3O4S/c1-2-14-17(20-12-26-14)19(24)22-7-3-4-13(22)15-5-6-16(27-15)18(23)21-8-10-25-11-9-21/h5-6,12-13H,2-4,7-11H2,1H3. The largest absolute Gasteiger partial charge is 0.448 e. The van der Waals surface area contributed by atoms with Crippen molar-refractivity contribution in [3.05, 3.63) is 39.7 Å². The van der Waals surface area contributed by atoms with Crippen molar-refractivity contribution in [2.45, 2.75) is 32.2 Å². The van der Waals surface area contributed by atoms with Gasteiger partial charge in [0.25, 0.3) is 11.8 Å². The van der Waals surface area contributed by atoms with Crippen LogP contribution in [0.2, 0.25) is 0 Å². The number of ether oxygens (including phenoxy) is 1. The van der Waals surface area contributed by atoms with Crippen molar-refractivity contribution >= 4 is 23.2 Å². The first-order valence-corrected chi connectivity index (χ1v) is 10.2. The first kappa shape index (κ1) is 18.2. The molecule has 2 aliphatic heterocycles. The molecule has 0 radical (unpaired) electrons. The molecule has 27 heavy (non-hydrogen) atoms. The lowest BCUT2D eigenvalue weighted by atomic mass is 10.1. The highest BCUT2D eigenvalue weighted by molar-refractivity contribution is 7.14. The average molecular weight is 389 g/mol. The fourth-order valence-electron chi connectivity index (χ4n) is 3.71. The van der Waals surface area contributed by atoms with Gasteiger partial charge in [0.1, 0.15) is 5.76 Å². The molecule has 7 nitrogen and oxygen atoms in total. The Kier molecular flexibility index (Phi) is 5.27. The topological polar surface area (TPSA) is 75.9 Å². The normalized spacial score (nSPS) is 20.3. The van der Waals surface area contributed by atoms with Gasteiger partial charge < -0.3 is 19.0 Å². The van der Waals surface area contributed by atoms with Gasteiger partial charge in [-0.2, -0.15) is 0 Å². The third-order valence-electron chi connectivity index (χ3n) is 5.14. The van der Waals surface area contributed by atoms with Crippen LogP contribution in [0.4, 0.5) is 0 Å². The monoisotopic (exact) mass is 389 g/mol.